The summed E-state index contributed by atoms with van der Waals surface area (Å²) in [6.45, 7) is 0.399. The number of ether oxygens (including phenoxy) is 2. The number of oxazole rings is 1. The number of hydrogen-bond acceptors (Lipinski definition) is 6. The van der Waals surface area contributed by atoms with Gasteiger partial charge in [0.1, 0.15) is 6.26 Å². The molecular formula is C19H19N3O5. The van der Waals surface area contributed by atoms with Gasteiger partial charge in [0.15, 0.2) is 17.2 Å². The van der Waals surface area contributed by atoms with Crippen LogP contribution in [0.5, 0.6) is 11.5 Å². The van der Waals surface area contributed by atoms with Crippen LogP contribution in [0.4, 0.5) is 0 Å². The molecule has 0 bridgehead atoms. The molecule has 3 aliphatic rings. The Morgan fingerprint density at radius 3 is 2.74 bits per heavy atom. The van der Waals surface area contributed by atoms with Crippen molar-refractivity contribution in [2.75, 3.05) is 6.79 Å². The van der Waals surface area contributed by atoms with E-state index in [-0.39, 0.29) is 42.9 Å². The van der Waals surface area contributed by atoms with Gasteiger partial charge in [-0.3, -0.25) is 9.59 Å². The average molecular weight is 369 g/mol. The van der Waals surface area contributed by atoms with Crippen molar-refractivity contribution < 1.29 is 23.5 Å². The van der Waals surface area contributed by atoms with E-state index in [1.54, 1.807) is 23.1 Å². The molecular weight excluding hydrogens is 350 g/mol. The van der Waals surface area contributed by atoms with Crippen LogP contribution in [-0.2, 0) is 6.54 Å². The number of fused-ring (bicyclic) bond motifs is 1. The van der Waals surface area contributed by atoms with Crippen molar-refractivity contribution in [3.63, 3.8) is 0 Å². The zero-order valence-electron chi connectivity index (χ0n) is 14.6. The molecule has 1 N–H and O–H groups in total. The van der Waals surface area contributed by atoms with Crippen LogP contribution < -0.4 is 14.8 Å². The summed E-state index contributed by atoms with van der Waals surface area (Å²) in [6.07, 6.45) is 5.27. The average Bonchev–Trinajstić information content (AvgIpc) is 3.58. The molecule has 2 aromatic rings. The fourth-order valence-corrected chi connectivity index (χ4v) is 3.07. The third-order valence-corrected chi connectivity index (χ3v) is 4.87. The van der Waals surface area contributed by atoms with Crippen molar-refractivity contribution in [2.24, 2.45) is 0 Å². The molecule has 2 saturated carbocycles. The first kappa shape index (κ1) is 16.2. The summed E-state index contributed by atoms with van der Waals surface area (Å²) >= 11 is 0. The molecule has 1 aromatic carbocycles. The summed E-state index contributed by atoms with van der Waals surface area (Å²) in [7, 11) is 0. The molecule has 1 aromatic heterocycles. The van der Waals surface area contributed by atoms with Gasteiger partial charge in [0, 0.05) is 17.6 Å². The van der Waals surface area contributed by atoms with Crippen LogP contribution in [0, 0.1) is 0 Å². The fourth-order valence-electron chi connectivity index (χ4n) is 3.07. The van der Waals surface area contributed by atoms with E-state index < -0.39 is 0 Å². The molecule has 0 unspecified atom stereocenters. The van der Waals surface area contributed by atoms with Gasteiger partial charge in [-0.2, -0.15) is 0 Å². The molecule has 2 fully saturated rings. The standard InChI is InChI=1S/C19H19N3O5/c23-18(20-12-2-3-12)14-9-25-17(21-14)8-22(13-4-5-13)19(24)11-1-6-15-16(7-11)27-10-26-15/h1,6-7,9,12-13H,2-5,8,10H2,(H,20,23). The minimum absolute atomic E-state index is 0.113. The predicted molar refractivity (Wildman–Crippen MR) is 92.5 cm³/mol. The lowest BCUT2D eigenvalue weighted by molar-refractivity contribution is 0.0713. The Bertz CT molecular complexity index is 901. The molecule has 2 amide bonds. The maximum absolute atomic E-state index is 13.0. The molecule has 0 saturated heterocycles. The van der Waals surface area contributed by atoms with E-state index in [9.17, 15) is 9.59 Å². The maximum atomic E-state index is 13.0. The van der Waals surface area contributed by atoms with Gasteiger partial charge in [-0.15, -0.1) is 0 Å². The molecule has 2 aliphatic carbocycles. The molecule has 1 aliphatic heterocycles. The second-order valence-corrected chi connectivity index (χ2v) is 7.11. The van der Waals surface area contributed by atoms with Crippen LogP contribution in [0.3, 0.4) is 0 Å². The Balaban J connectivity index is 1.31. The molecule has 0 radical (unpaired) electrons. The smallest absolute Gasteiger partial charge is 0.273 e. The summed E-state index contributed by atoms with van der Waals surface area (Å²) in [5.41, 5.74) is 0.785. The van der Waals surface area contributed by atoms with Gasteiger partial charge in [-0.25, -0.2) is 4.98 Å². The summed E-state index contributed by atoms with van der Waals surface area (Å²) in [5.74, 6) is 1.23. The first-order chi connectivity index (χ1) is 13.2. The predicted octanol–water partition coefficient (Wildman–Crippen LogP) is 2.10. The van der Waals surface area contributed by atoms with Crippen molar-refractivity contribution in [3.8, 4) is 11.5 Å². The number of carbonyl (C=O) groups is 2. The molecule has 0 spiro atoms. The molecule has 27 heavy (non-hydrogen) atoms. The summed E-state index contributed by atoms with van der Waals surface area (Å²) in [4.78, 5) is 31.1. The van der Waals surface area contributed by atoms with Gasteiger partial charge in [0.25, 0.3) is 11.8 Å². The number of rotatable bonds is 6. The Labute approximate surface area is 155 Å². The second kappa shape index (κ2) is 6.29. The van der Waals surface area contributed by atoms with Gasteiger partial charge in [0.2, 0.25) is 12.7 Å². The van der Waals surface area contributed by atoms with E-state index in [2.05, 4.69) is 10.3 Å². The number of aromatic nitrogens is 1. The number of hydrogen-bond donors (Lipinski definition) is 1. The highest BCUT2D eigenvalue weighted by atomic mass is 16.7. The Morgan fingerprint density at radius 2 is 1.96 bits per heavy atom. The van der Waals surface area contributed by atoms with Gasteiger partial charge in [-0.1, -0.05) is 0 Å². The molecule has 5 rings (SSSR count). The third kappa shape index (κ3) is 3.34. The van der Waals surface area contributed by atoms with Crippen LogP contribution in [0.15, 0.2) is 28.9 Å². The summed E-state index contributed by atoms with van der Waals surface area (Å²) < 4.78 is 16.1. The zero-order chi connectivity index (χ0) is 18.4. The highest BCUT2D eigenvalue weighted by Gasteiger charge is 2.35. The summed E-state index contributed by atoms with van der Waals surface area (Å²) in [5, 5.41) is 2.88. The van der Waals surface area contributed by atoms with Gasteiger partial charge in [0.05, 0.1) is 6.54 Å². The van der Waals surface area contributed by atoms with Crippen molar-refractivity contribution in [3.05, 3.63) is 41.6 Å². The van der Waals surface area contributed by atoms with E-state index in [0.717, 1.165) is 25.7 Å². The van der Waals surface area contributed by atoms with Gasteiger partial charge < -0.3 is 24.1 Å². The first-order valence-corrected chi connectivity index (χ1v) is 9.13. The first-order valence-electron chi connectivity index (χ1n) is 9.13. The summed E-state index contributed by atoms with van der Waals surface area (Å²) in [6, 6.07) is 5.60. The molecule has 8 nitrogen and oxygen atoms in total. The van der Waals surface area contributed by atoms with E-state index in [1.165, 1.54) is 6.26 Å². The SMILES string of the molecule is O=C(NC1CC1)c1coc(CN(C(=O)c2ccc3c(c2)OCO3)C2CC2)n1. The van der Waals surface area contributed by atoms with E-state index in [1.807, 2.05) is 0 Å². The van der Waals surface area contributed by atoms with Crippen molar-refractivity contribution in [2.45, 2.75) is 44.3 Å². The lowest BCUT2D eigenvalue weighted by Crippen LogP contribution is -2.32. The number of benzene rings is 1. The topological polar surface area (TPSA) is 93.9 Å². The van der Waals surface area contributed by atoms with Crippen LogP contribution >= 0.6 is 0 Å². The van der Waals surface area contributed by atoms with Crippen LogP contribution in [0.1, 0.15) is 52.4 Å². The lowest BCUT2D eigenvalue weighted by Gasteiger charge is -2.21. The minimum Gasteiger partial charge on any atom is -0.454 e. The Hall–Kier alpha value is -3.03. The monoisotopic (exact) mass is 369 g/mol. The largest absolute Gasteiger partial charge is 0.454 e. The van der Waals surface area contributed by atoms with Crippen LogP contribution in [0.25, 0.3) is 0 Å². The zero-order valence-corrected chi connectivity index (χ0v) is 14.6. The third-order valence-electron chi connectivity index (χ3n) is 4.87. The molecule has 0 atom stereocenters. The Kier molecular flexibility index (Phi) is 3.77. The van der Waals surface area contributed by atoms with E-state index in [4.69, 9.17) is 13.9 Å². The number of amides is 2. The molecule has 8 heteroatoms. The van der Waals surface area contributed by atoms with Gasteiger partial charge >= 0.3 is 0 Å². The maximum Gasteiger partial charge on any atom is 0.273 e. The Morgan fingerprint density at radius 1 is 1.15 bits per heavy atom. The fraction of sp³-hybridized carbons (Fsp3) is 0.421. The lowest BCUT2D eigenvalue weighted by atomic mass is 10.1. The normalized spacial score (nSPS) is 17.6. The second-order valence-electron chi connectivity index (χ2n) is 7.11. The minimum atomic E-state index is -0.229. The van der Waals surface area contributed by atoms with E-state index >= 15 is 0 Å². The highest BCUT2D eigenvalue weighted by molar-refractivity contribution is 5.95. The number of nitrogens with one attached hydrogen (secondary N) is 1. The van der Waals surface area contributed by atoms with E-state index in [0.29, 0.717) is 23.0 Å². The van der Waals surface area contributed by atoms with Crippen molar-refractivity contribution in [1.82, 2.24) is 15.2 Å². The van der Waals surface area contributed by atoms with Crippen LogP contribution in [-0.4, -0.2) is 40.6 Å². The number of nitrogens with zero attached hydrogens (tertiary/aromatic N) is 2. The van der Waals surface area contributed by atoms with Gasteiger partial charge in [-0.05, 0) is 43.9 Å². The molecule has 140 valence electrons. The van der Waals surface area contributed by atoms with Crippen LogP contribution in [0.2, 0.25) is 0 Å². The van der Waals surface area contributed by atoms with Crippen molar-refractivity contribution in [1.29, 1.82) is 0 Å². The van der Waals surface area contributed by atoms with Crippen molar-refractivity contribution >= 4 is 11.8 Å². The highest BCUT2D eigenvalue weighted by Crippen LogP contribution is 2.35. The quantitative estimate of drug-likeness (QED) is 0.838. The molecule has 2 heterocycles. The number of carbonyl (C=O) groups excluding carboxylic acids is 2.